The number of nitrogens with zero attached hydrogens (tertiary/aromatic N) is 4. The van der Waals surface area contributed by atoms with Gasteiger partial charge in [-0.2, -0.15) is 14.3 Å². The summed E-state index contributed by atoms with van der Waals surface area (Å²) in [4.78, 5) is 38.1. The van der Waals surface area contributed by atoms with Crippen molar-refractivity contribution >= 4 is 38.6 Å². The Bertz CT molecular complexity index is 1030. The van der Waals surface area contributed by atoms with Crippen molar-refractivity contribution in [1.82, 2.24) is 19.5 Å². The van der Waals surface area contributed by atoms with Crippen LogP contribution in [0.15, 0.2) is 6.33 Å². The monoisotopic (exact) mass is 458 g/mol. The number of aliphatic hydroxyl groups excluding tert-OH is 1. The fraction of sp³-hybridized carbons (Fsp3) is 0.545. The maximum absolute atomic E-state index is 15.2. The Morgan fingerprint density at radius 3 is 2.62 bits per heavy atom. The summed E-state index contributed by atoms with van der Waals surface area (Å²) >= 11 is 0. The zero-order chi connectivity index (χ0) is 21.8. The molecule has 162 valence electrons. The Balaban J connectivity index is 1.85. The molecule has 0 spiro atoms. The maximum Gasteiger partial charge on any atom is 0.481 e. The average Bonchev–Trinajstić information content (AvgIpc) is 3.04. The molecule has 8 N–H and O–H groups in total. The smallest absolute Gasteiger partial charge is 0.387 e. The van der Waals surface area contributed by atoms with Crippen LogP contribution in [0.4, 0.5) is 16.2 Å². The van der Waals surface area contributed by atoms with Crippen molar-refractivity contribution < 1.29 is 46.9 Å². The SMILES string of the molecule is CC1(F)C(O)[C@@H](COP(=O)(O)OP(=O)(O)O)O[C@H]1n1cnc2c(N)nc(N)nc21. The second-order valence-corrected chi connectivity index (χ2v) is 9.08. The number of imidazole rings is 1. The summed E-state index contributed by atoms with van der Waals surface area (Å²) in [6, 6.07) is 0. The first kappa shape index (κ1) is 22.0. The number of hydrogen-bond donors (Lipinski definition) is 6. The number of ether oxygens (including phenoxy) is 1. The number of nitrogens with two attached hydrogens (primary N) is 2. The maximum atomic E-state index is 15.2. The van der Waals surface area contributed by atoms with E-state index in [0.717, 1.165) is 17.8 Å². The summed E-state index contributed by atoms with van der Waals surface area (Å²) in [7, 11) is -10.6. The van der Waals surface area contributed by atoms with Gasteiger partial charge in [0.2, 0.25) is 5.95 Å². The number of phosphoric acid groups is 2. The van der Waals surface area contributed by atoms with Crippen LogP contribution >= 0.6 is 15.6 Å². The third-order valence-electron chi connectivity index (χ3n) is 4.05. The van der Waals surface area contributed by atoms with Gasteiger partial charge in [-0.15, -0.1) is 0 Å². The number of aromatic nitrogens is 4. The van der Waals surface area contributed by atoms with E-state index < -0.39 is 46.4 Å². The Kier molecular flexibility index (Phi) is 5.45. The molecule has 18 heteroatoms. The lowest BCUT2D eigenvalue weighted by Crippen LogP contribution is -2.40. The number of halogens is 1. The average molecular weight is 458 g/mol. The van der Waals surface area contributed by atoms with Gasteiger partial charge < -0.3 is 36.0 Å². The minimum absolute atomic E-state index is 0.00954. The molecule has 15 nitrogen and oxygen atoms in total. The number of alkyl halides is 1. The van der Waals surface area contributed by atoms with Gasteiger partial charge in [0, 0.05) is 0 Å². The van der Waals surface area contributed by atoms with Crippen molar-refractivity contribution in [3.63, 3.8) is 0 Å². The first-order chi connectivity index (χ1) is 13.2. The van der Waals surface area contributed by atoms with Crippen LogP contribution in [-0.2, 0) is 22.7 Å². The molecule has 0 aromatic carbocycles. The summed E-state index contributed by atoms with van der Waals surface area (Å²) in [5.74, 6) is -0.285. The van der Waals surface area contributed by atoms with Crippen LogP contribution in [0.5, 0.6) is 0 Å². The summed E-state index contributed by atoms with van der Waals surface area (Å²) in [6.45, 7) is 0.0591. The van der Waals surface area contributed by atoms with Gasteiger partial charge in [0.05, 0.1) is 12.9 Å². The third kappa shape index (κ3) is 4.40. The number of phosphoric ester groups is 1. The highest BCUT2D eigenvalue weighted by atomic mass is 31.3. The molecule has 29 heavy (non-hydrogen) atoms. The van der Waals surface area contributed by atoms with Gasteiger partial charge in [0.1, 0.15) is 17.7 Å². The topological polar surface area (TPSA) is 238 Å². The van der Waals surface area contributed by atoms with Crippen LogP contribution in [0.3, 0.4) is 0 Å². The van der Waals surface area contributed by atoms with Crippen LogP contribution in [0.2, 0.25) is 0 Å². The zero-order valence-electron chi connectivity index (χ0n) is 14.6. The summed E-state index contributed by atoms with van der Waals surface area (Å²) in [5, 5.41) is 10.2. The minimum Gasteiger partial charge on any atom is -0.387 e. The number of fused-ring (bicyclic) bond motifs is 1. The second kappa shape index (κ2) is 7.19. The molecule has 1 aliphatic heterocycles. The summed E-state index contributed by atoms with van der Waals surface area (Å²) < 4.78 is 52.0. The zero-order valence-corrected chi connectivity index (χ0v) is 16.4. The molecule has 0 radical (unpaired) electrons. The summed E-state index contributed by atoms with van der Waals surface area (Å²) in [6.07, 6.45) is -3.81. The van der Waals surface area contributed by atoms with Crippen LogP contribution < -0.4 is 11.5 Å². The number of hydrogen-bond acceptors (Lipinski definition) is 11. The lowest BCUT2D eigenvalue weighted by Gasteiger charge is -2.24. The van der Waals surface area contributed by atoms with E-state index in [1.165, 1.54) is 0 Å². The fourth-order valence-corrected chi connectivity index (χ4v) is 4.40. The Hall–Kier alpha value is -1.74. The molecule has 1 saturated heterocycles. The molecule has 3 rings (SSSR count). The number of aliphatic hydroxyl groups is 1. The molecule has 2 aromatic rings. The van der Waals surface area contributed by atoms with E-state index in [9.17, 15) is 19.1 Å². The van der Waals surface area contributed by atoms with Gasteiger partial charge in [-0.3, -0.25) is 9.09 Å². The standard InChI is InChI=1S/C11H17FN6O9P2/c1-11(12)6(19)4(2-25-29(23,24)27-28(20,21)22)26-9(11)18-3-15-5-7(13)16-10(14)17-8(5)18/h3-4,6,9,19H,2H2,1H3,(H,23,24)(H2,20,21,22)(H4,13,14,16,17)/t4-,6?,9-,11?/m1/s1. The second-order valence-electron chi connectivity index (χ2n) is 6.25. The van der Waals surface area contributed by atoms with E-state index in [1.807, 2.05) is 0 Å². The molecule has 3 heterocycles. The molecule has 3 unspecified atom stereocenters. The molecule has 2 aromatic heterocycles. The van der Waals surface area contributed by atoms with E-state index in [2.05, 4.69) is 23.8 Å². The largest absolute Gasteiger partial charge is 0.481 e. The Morgan fingerprint density at radius 1 is 1.34 bits per heavy atom. The molecule has 0 bridgehead atoms. The fourth-order valence-electron chi connectivity index (χ4n) is 2.80. The van der Waals surface area contributed by atoms with Gasteiger partial charge in [0.15, 0.2) is 23.4 Å². The summed E-state index contributed by atoms with van der Waals surface area (Å²) in [5.41, 5.74) is 8.86. The first-order valence-electron chi connectivity index (χ1n) is 7.73. The van der Waals surface area contributed by atoms with Gasteiger partial charge in [-0.1, -0.05) is 0 Å². The van der Waals surface area contributed by atoms with Crippen LogP contribution in [0.1, 0.15) is 13.2 Å². The normalized spacial score (nSPS) is 29.9. The molecular weight excluding hydrogens is 441 g/mol. The quantitative estimate of drug-likeness (QED) is 0.291. The highest BCUT2D eigenvalue weighted by molar-refractivity contribution is 7.60. The molecule has 0 amide bonds. The molecule has 5 atom stereocenters. The minimum atomic E-state index is -5.34. The van der Waals surface area contributed by atoms with E-state index >= 15 is 4.39 Å². The lowest BCUT2D eigenvalue weighted by atomic mass is 9.98. The number of anilines is 2. The van der Waals surface area contributed by atoms with Crippen LogP contribution in [-0.4, -0.2) is 63.8 Å². The van der Waals surface area contributed by atoms with Crippen molar-refractivity contribution in [1.29, 1.82) is 0 Å². The predicted octanol–water partition coefficient (Wildman–Crippen LogP) is -0.797. The highest BCUT2D eigenvalue weighted by Gasteiger charge is 2.56. The van der Waals surface area contributed by atoms with Crippen molar-refractivity contribution in [3.05, 3.63) is 6.33 Å². The Labute approximate surface area is 161 Å². The lowest BCUT2D eigenvalue weighted by molar-refractivity contribution is -0.0560. The van der Waals surface area contributed by atoms with Crippen molar-refractivity contribution in [2.45, 2.75) is 31.0 Å². The first-order valence-corrected chi connectivity index (χ1v) is 10.8. The number of nitrogen functional groups attached to an aromatic ring is 2. The van der Waals surface area contributed by atoms with E-state index in [4.69, 9.17) is 26.0 Å². The van der Waals surface area contributed by atoms with E-state index in [1.54, 1.807) is 0 Å². The predicted molar refractivity (Wildman–Crippen MR) is 92.5 cm³/mol. The third-order valence-corrected chi connectivity index (χ3v) is 6.20. The van der Waals surface area contributed by atoms with Crippen LogP contribution in [0.25, 0.3) is 11.2 Å². The van der Waals surface area contributed by atoms with E-state index in [0.29, 0.717) is 0 Å². The molecule has 1 fully saturated rings. The van der Waals surface area contributed by atoms with Gasteiger partial charge in [0.25, 0.3) is 0 Å². The van der Waals surface area contributed by atoms with Crippen molar-refractivity contribution in [2.24, 2.45) is 0 Å². The molecular formula is C11H17FN6O9P2. The van der Waals surface area contributed by atoms with E-state index in [-0.39, 0.29) is 22.9 Å². The van der Waals surface area contributed by atoms with Crippen molar-refractivity contribution in [3.8, 4) is 0 Å². The van der Waals surface area contributed by atoms with Gasteiger partial charge in [-0.05, 0) is 6.92 Å². The highest BCUT2D eigenvalue weighted by Crippen LogP contribution is 2.58. The molecule has 0 aliphatic carbocycles. The van der Waals surface area contributed by atoms with Crippen LogP contribution in [0, 0.1) is 0 Å². The van der Waals surface area contributed by atoms with Gasteiger partial charge in [-0.25, -0.2) is 18.5 Å². The Morgan fingerprint density at radius 2 is 2.00 bits per heavy atom. The molecule has 0 saturated carbocycles. The number of rotatable bonds is 6. The molecule has 1 aliphatic rings. The van der Waals surface area contributed by atoms with Crippen molar-refractivity contribution in [2.75, 3.05) is 18.1 Å². The van der Waals surface area contributed by atoms with Gasteiger partial charge >= 0.3 is 15.6 Å².